The molecule has 2 amide bonds. The van der Waals surface area contributed by atoms with E-state index in [1.807, 2.05) is 79.8 Å². The Hall–Kier alpha value is -3.35. The zero-order valence-corrected chi connectivity index (χ0v) is 21.2. The second-order valence-corrected chi connectivity index (χ2v) is 9.69. The Bertz CT molecular complexity index is 1200. The van der Waals surface area contributed by atoms with Crippen LogP contribution in [0.25, 0.3) is 11.0 Å². The lowest BCUT2D eigenvalue weighted by atomic mass is 9.94. The first-order valence-corrected chi connectivity index (χ1v) is 12.5. The molecule has 7 heteroatoms. The van der Waals surface area contributed by atoms with Gasteiger partial charge in [0.2, 0.25) is 5.91 Å². The molecule has 35 heavy (non-hydrogen) atoms. The van der Waals surface area contributed by atoms with Crippen molar-refractivity contribution in [1.82, 2.24) is 19.8 Å². The highest BCUT2D eigenvalue weighted by atomic mass is 16.5. The first-order chi connectivity index (χ1) is 16.8. The van der Waals surface area contributed by atoms with Crippen molar-refractivity contribution < 1.29 is 14.3 Å². The Morgan fingerprint density at radius 2 is 1.89 bits per heavy atom. The van der Waals surface area contributed by atoms with Crippen LogP contribution < -0.4 is 10.1 Å². The minimum absolute atomic E-state index is 0.0677. The maximum atomic E-state index is 13.2. The molecule has 1 unspecified atom stereocenters. The number of hydrogen-bond acceptors (Lipinski definition) is 4. The number of nitrogens with zero attached hydrogens (tertiary/aromatic N) is 3. The van der Waals surface area contributed by atoms with E-state index >= 15 is 0 Å². The summed E-state index contributed by atoms with van der Waals surface area (Å²) < 4.78 is 7.71. The number of ether oxygens (including phenoxy) is 1. The van der Waals surface area contributed by atoms with Crippen molar-refractivity contribution in [2.75, 3.05) is 13.7 Å². The maximum Gasteiger partial charge on any atom is 0.258 e. The normalized spacial score (nSPS) is 15.1. The van der Waals surface area contributed by atoms with Crippen LogP contribution in [0.5, 0.6) is 5.75 Å². The summed E-state index contributed by atoms with van der Waals surface area (Å²) in [5.41, 5.74) is 3.76. The van der Waals surface area contributed by atoms with Gasteiger partial charge in [-0.3, -0.25) is 9.59 Å². The molecule has 0 saturated heterocycles. The molecule has 0 radical (unpaired) electrons. The molecule has 1 heterocycles. The molecule has 0 bridgehead atoms. The molecule has 1 fully saturated rings. The van der Waals surface area contributed by atoms with Crippen LogP contribution in [0.2, 0.25) is 0 Å². The molecular formula is C28H36N4O3. The van der Waals surface area contributed by atoms with Gasteiger partial charge in [0.05, 0.1) is 17.1 Å². The summed E-state index contributed by atoms with van der Waals surface area (Å²) in [5.74, 6) is 1.20. The number of rotatable bonds is 8. The molecule has 4 rings (SSSR count). The topological polar surface area (TPSA) is 76.5 Å². The Labute approximate surface area is 207 Å². The Kier molecular flexibility index (Phi) is 7.73. The summed E-state index contributed by atoms with van der Waals surface area (Å²) in [7, 11) is 1.91. The number of aryl methyl sites for hydroxylation is 2. The van der Waals surface area contributed by atoms with Gasteiger partial charge >= 0.3 is 0 Å². The second kappa shape index (κ2) is 10.9. The maximum absolute atomic E-state index is 13.2. The highest BCUT2D eigenvalue weighted by Crippen LogP contribution is 2.24. The average Bonchev–Trinajstić information content (AvgIpc) is 3.23. The lowest BCUT2D eigenvalue weighted by Gasteiger charge is -2.31. The molecule has 0 aliphatic heterocycles. The van der Waals surface area contributed by atoms with Crippen molar-refractivity contribution in [3.8, 4) is 5.75 Å². The predicted molar refractivity (Wildman–Crippen MR) is 137 cm³/mol. The lowest BCUT2D eigenvalue weighted by Crippen LogP contribution is -2.40. The summed E-state index contributed by atoms with van der Waals surface area (Å²) >= 11 is 0. The fraction of sp³-hybridized carbons (Fsp3) is 0.464. The number of carbonyl (C=O) groups excluding carboxylic acids is 2. The highest BCUT2D eigenvalue weighted by Gasteiger charge is 2.25. The standard InChI is InChI=1S/C28H36N4O3/c1-19-14-15-20(2)25(16-19)35-18-26(33)29-21(3)28-30-23-12-8-9-13-24(23)32(28)17-27(34)31(4)22-10-6-5-7-11-22/h8-9,12-16,21-22H,5-7,10-11,17-18H2,1-4H3,(H,29,33). The minimum atomic E-state index is -0.384. The smallest absolute Gasteiger partial charge is 0.258 e. The zero-order valence-electron chi connectivity index (χ0n) is 21.2. The second-order valence-electron chi connectivity index (χ2n) is 9.69. The largest absolute Gasteiger partial charge is 0.483 e. The van der Waals surface area contributed by atoms with Gasteiger partial charge in [0.25, 0.3) is 5.91 Å². The third-order valence-corrected chi connectivity index (χ3v) is 6.96. The van der Waals surface area contributed by atoms with Crippen molar-refractivity contribution in [3.05, 3.63) is 59.4 Å². The van der Waals surface area contributed by atoms with Crippen LogP contribution in [0, 0.1) is 13.8 Å². The first-order valence-electron chi connectivity index (χ1n) is 12.5. The molecule has 0 spiro atoms. The van der Waals surface area contributed by atoms with Gasteiger partial charge in [-0.15, -0.1) is 0 Å². The van der Waals surface area contributed by atoms with Gasteiger partial charge in [0.1, 0.15) is 18.1 Å². The van der Waals surface area contributed by atoms with Crippen LogP contribution in [0.4, 0.5) is 0 Å². The van der Waals surface area contributed by atoms with E-state index in [1.165, 1.54) is 19.3 Å². The van der Waals surface area contributed by atoms with Gasteiger partial charge < -0.3 is 19.5 Å². The van der Waals surface area contributed by atoms with Crippen LogP contribution in [0.1, 0.15) is 62.0 Å². The number of carbonyl (C=O) groups is 2. The van der Waals surface area contributed by atoms with E-state index in [0.717, 1.165) is 35.0 Å². The van der Waals surface area contributed by atoms with E-state index in [-0.39, 0.29) is 31.0 Å². The van der Waals surface area contributed by atoms with Crippen LogP contribution in [0.3, 0.4) is 0 Å². The number of amides is 2. The Morgan fingerprint density at radius 1 is 1.14 bits per heavy atom. The van der Waals surface area contributed by atoms with Crippen LogP contribution in [-0.2, 0) is 16.1 Å². The van der Waals surface area contributed by atoms with E-state index in [1.54, 1.807) is 0 Å². The van der Waals surface area contributed by atoms with Crippen molar-refractivity contribution >= 4 is 22.8 Å². The lowest BCUT2D eigenvalue weighted by molar-refractivity contribution is -0.133. The minimum Gasteiger partial charge on any atom is -0.483 e. The summed E-state index contributed by atoms with van der Waals surface area (Å²) in [5, 5.41) is 3.00. The third-order valence-electron chi connectivity index (χ3n) is 6.96. The Morgan fingerprint density at radius 3 is 2.66 bits per heavy atom. The summed E-state index contributed by atoms with van der Waals surface area (Å²) in [6.45, 7) is 5.95. The third kappa shape index (κ3) is 5.84. The van der Waals surface area contributed by atoms with E-state index in [9.17, 15) is 9.59 Å². The molecule has 1 aliphatic carbocycles. The number of hydrogen-bond donors (Lipinski definition) is 1. The van der Waals surface area contributed by atoms with E-state index < -0.39 is 0 Å². The monoisotopic (exact) mass is 476 g/mol. The fourth-order valence-electron chi connectivity index (χ4n) is 4.86. The molecule has 1 atom stereocenters. The summed E-state index contributed by atoms with van der Waals surface area (Å²) in [6.07, 6.45) is 5.72. The van der Waals surface area contributed by atoms with Crippen LogP contribution in [-0.4, -0.2) is 46.0 Å². The first kappa shape index (κ1) is 24.8. The summed E-state index contributed by atoms with van der Waals surface area (Å²) in [6, 6.07) is 13.6. The van der Waals surface area contributed by atoms with Gasteiger partial charge in [-0.25, -0.2) is 4.98 Å². The number of aromatic nitrogens is 2. The Balaban J connectivity index is 1.47. The fourth-order valence-corrected chi connectivity index (χ4v) is 4.86. The quantitative estimate of drug-likeness (QED) is 0.511. The molecular weight excluding hydrogens is 440 g/mol. The van der Waals surface area contributed by atoms with Gasteiger partial charge in [0, 0.05) is 13.1 Å². The van der Waals surface area contributed by atoms with Crippen molar-refractivity contribution in [2.45, 2.75) is 71.5 Å². The summed E-state index contributed by atoms with van der Waals surface area (Å²) in [4.78, 5) is 32.6. The van der Waals surface area contributed by atoms with Gasteiger partial charge in [-0.05, 0) is 62.9 Å². The predicted octanol–water partition coefficient (Wildman–Crippen LogP) is 4.70. The van der Waals surface area contributed by atoms with Crippen LogP contribution >= 0.6 is 0 Å². The molecule has 3 aromatic rings. The zero-order chi connectivity index (χ0) is 24.9. The van der Waals surface area contributed by atoms with Crippen molar-refractivity contribution in [3.63, 3.8) is 0 Å². The van der Waals surface area contributed by atoms with Gasteiger partial charge in [-0.2, -0.15) is 0 Å². The average molecular weight is 477 g/mol. The molecule has 2 aromatic carbocycles. The number of likely N-dealkylation sites (N-methyl/N-ethyl adjacent to an activating group) is 1. The number of nitrogens with one attached hydrogen (secondary N) is 1. The number of fused-ring (bicyclic) bond motifs is 1. The molecule has 1 N–H and O–H groups in total. The van der Waals surface area contributed by atoms with E-state index in [2.05, 4.69) is 5.32 Å². The van der Waals surface area contributed by atoms with Gasteiger partial charge in [0.15, 0.2) is 6.61 Å². The van der Waals surface area contributed by atoms with Crippen molar-refractivity contribution in [2.24, 2.45) is 0 Å². The number of benzene rings is 2. The van der Waals surface area contributed by atoms with Gasteiger partial charge in [-0.1, -0.05) is 43.5 Å². The molecule has 1 saturated carbocycles. The molecule has 7 nitrogen and oxygen atoms in total. The molecule has 1 aliphatic rings. The number of imidazole rings is 1. The molecule has 1 aromatic heterocycles. The SMILES string of the molecule is Cc1ccc(C)c(OCC(=O)NC(C)c2nc3ccccc3n2CC(=O)N(C)C2CCCCC2)c1. The highest BCUT2D eigenvalue weighted by molar-refractivity contribution is 5.82. The number of para-hydroxylation sites is 2. The van der Waals surface area contributed by atoms with E-state index in [0.29, 0.717) is 17.6 Å². The van der Waals surface area contributed by atoms with Crippen molar-refractivity contribution in [1.29, 1.82) is 0 Å². The molecule has 186 valence electrons. The van der Waals surface area contributed by atoms with Crippen LogP contribution in [0.15, 0.2) is 42.5 Å². The van der Waals surface area contributed by atoms with E-state index in [4.69, 9.17) is 9.72 Å².